The van der Waals surface area contributed by atoms with Crippen LogP contribution in [0.2, 0.25) is 0 Å². The molecule has 0 aliphatic rings. The summed E-state index contributed by atoms with van der Waals surface area (Å²) < 4.78 is 7.97. The number of hydrogen-bond donors (Lipinski definition) is 1. The van der Waals surface area contributed by atoms with E-state index in [0.29, 0.717) is 12.4 Å². The van der Waals surface area contributed by atoms with Gasteiger partial charge in [0.05, 0.1) is 5.75 Å². The van der Waals surface area contributed by atoms with E-state index in [1.54, 1.807) is 7.05 Å². The van der Waals surface area contributed by atoms with Gasteiger partial charge in [-0.15, -0.1) is 10.2 Å². The minimum absolute atomic E-state index is 0.0378. The quantitative estimate of drug-likeness (QED) is 0.659. The molecule has 0 spiro atoms. The highest BCUT2D eigenvalue weighted by Crippen LogP contribution is 2.26. The summed E-state index contributed by atoms with van der Waals surface area (Å²) in [6, 6.07) is 14.1. The van der Waals surface area contributed by atoms with E-state index in [-0.39, 0.29) is 5.91 Å². The topological polar surface area (TPSA) is 69.0 Å². The fourth-order valence-electron chi connectivity index (χ4n) is 2.52. The van der Waals surface area contributed by atoms with Crippen LogP contribution in [0.15, 0.2) is 47.6 Å². The number of thioether (sulfide) groups is 1. The average molecular weight is 356 g/mol. The molecule has 0 aliphatic carbocycles. The normalized spacial score (nSPS) is 10.8. The van der Waals surface area contributed by atoms with Crippen LogP contribution < -0.4 is 10.1 Å². The van der Waals surface area contributed by atoms with Gasteiger partial charge in [-0.05, 0) is 18.4 Å². The van der Waals surface area contributed by atoms with Gasteiger partial charge in [-0.2, -0.15) is 0 Å². The molecule has 0 atom stereocenters. The lowest BCUT2D eigenvalue weighted by Gasteiger charge is -2.10. The SMILES string of the molecule is CCn1c(COc2cccc3ccccc23)nnc1SCC(=O)NC. The molecule has 0 saturated heterocycles. The lowest BCUT2D eigenvalue weighted by atomic mass is 10.1. The van der Waals surface area contributed by atoms with E-state index < -0.39 is 0 Å². The first-order valence-corrected chi connectivity index (χ1v) is 9.07. The van der Waals surface area contributed by atoms with Crippen LogP contribution in [0.1, 0.15) is 12.7 Å². The Bertz CT molecular complexity index is 873. The molecule has 2 aromatic carbocycles. The van der Waals surface area contributed by atoms with Crippen molar-refractivity contribution in [1.82, 2.24) is 20.1 Å². The fraction of sp³-hybridized carbons (Fsp3) is 0.278. The Kier molecular flexibility index (Phi) is 5.55. The van der Waals surface area contributed by atoms with Crippen molar-refractivity contribution in [1.29, 1.82) is 0 Å². The van der Waals surface area contributed by atoms with E-state index in [1.807, 2.05) is 41.8 Å². The smallest absolute Gasteiger partial charge is 0.230 e. The number of amides is 1. The van der Waals surface area contributed by atoms with Crippen molar-refractivity contribution < 1.29 is 9.53 Å². The van der Waals surface area contributed by atoms with Gasteiger partial charge in [0.25, 0.3) is 0 Å². The van der Waals surface area contributed by atoms with Crippen LogP contribution in [-0.2, 0) is 17.9 Å². The molecule has 1 heterocycles. The van der Waals surface area contributed by atoms with Crippen molar-refractivity contribution in [3.63, 3.8) is 0 Å². The molecular formula is C18H20N4O2S. The first kappa shape index (κ1) is 17.3. The first-order valence-electron chi connectivity index (χ1n) is 8.09. The van der Waals surface area contributed by atoms with E-state index in [0.717, 1.165) is 34.0 Å². The van der Waals surface area contributed by atoms with Crippen molar-refractivity contribution in [3.05, 3.63) is 48.3 Å². The van der Waals surface area contributed by atoms with Crippen molar-refractivity contribution in [2.24, 2.45) is 0 Å². The third-order valence-electron chi connectivity index (χ3n) is 3.83. The molecule has 6 nitrogen and oxygen atoms in total. The Morgan fingerprint density at radius 3 is 2.80 bits per heavy atom. The summed E-state index contributed by atoms with van der Waals surface area (Å²) in [5.74, 6) is 1.85. The number of aromatic nitrogens is 3. The molecule has 0 saturated carbocycles. The maximum absolute atomic E-state index is 11.4. The monoisotopic (exact) mass is 356 g/mol. The largest absolute Gasteiger partial charge is 0.485 e. The zero-order chi connectivity index (χ0) is 17.6. The van der Waals surface area contributed by atoms with Gasteiger partial charge in [0.1, 0.15) is 12.4 Å². The molecule has 0 fully saturated rings. The summed E-state index contributed by atoms with van der Waals surface area (Å²) in [6.07, 6.45) is 0. The molecule has 130 valence electrons. The summed E-state index contributed by atoms with van der Waals surface area (Å²) in [7, 11) is 1.62. The summed E-state index contributed by atoms with van der Waals surface area (Å²) in [5.41, 5.74) is 0. The van der Waals surface area contributed by atoms with Crippen molar-refractivity contribution >= 4 is 28.4 Å². The van der Waals surface area contributed by atoms with Crippen molar-refractivity contribution in [2.45, 2.75) is 25.2 Å². The second-order valence-corrected chi connectivity index (χ2v) is 6.31. The van der Waals surface area contributed by atoms with Gasteiger partial charge in [0.2, 0.25) is 5.91 Å². The van der Waals surface area contributed by atoms with Gasteiger partial charge in [-0.25, -0.2) is 0 Å². The number of benzene rings is 2. The predicted octanol–water partition coefficient (Wildman–Crippen LogP) is 2.87. The molecule has 0 bridgehead atoms. The summed E-state index contributed by atoms with van der Waals surface area (Å²) >= 11 is 1.37. The van der Waals surface area contributed by atoms with E-state index >= 15 is 0 Å². The van der Waals surface area contributed by atoms with E-state index in [9.17, 15) is 4.79 Å². The Morgan fingerprint density at radius 1 is 1.20 bits per heavy atom. The number of hydrogen-bond acceptors (Lipinski definition) is 5. The van der Waals surface area contributed by atoms with Crippen LogP contribution in [0, 0.1) is 0 Å². The number of rotatable bonds is 7. The maximum atomic E-state index is 11.4. The third kappa shape index (κ3) is 3.93. The average Bonchev–Trinajstić information content (AvgIpc) is 3.06. The number of fused-ring (bicyclic) bond motifs is 1. The van der Waals surface area contributed by atoms with E-state index in [2.05, 4.69) is 27.6 Å². The second kappa shape index (κ2) is 8.02. The molecule has 0 radical (unpaired) electrons. The minimum Gasteiger partial charge on any atom is -0.485 e. The Hall–Kier alpha value is -2.54. The standard InChI is InChI=1S/C18H20N4O2S/c1-3-22-16(20-21-18(22)25-12-17(23)19-2)11-24-15-10-6-8-13-7-4-5-9-14(13)15/h4-10H,3,11-12H2,1-2H3,(H,19,23). The molecule has 7 heteroatoms. The first-order chi connectivity index (χ1) is 12.2. The number of carbonyl (C=O) groups is 1. The maximum Gasteiger partial charge on any atom is 0.230 e. The Morgan fingerprint density at radius 2 is 2.00 bits per heavy atom. The predicted molar refractivity (Wildman–Crippen MR) is 98.8 cm³/mol. The lowest BCUT2D eigenvalue weighted by Crippen LogP contribution is -2.20. The molecule has 3 rings (SSSR count). The molecule has 1 N–H and O–H groups in total. The third-order valence-corrected chi connectivity index (χ3v) is 4.79. The lowest BCUT2D eigenvalue weighted by molar-refractivity contribution is -0.118. The van der Waals surface area contributed by atoms with Crippen molar-refractivity contribution in [3.8, 4) is 5.75 Å². The van der Waals surface area contributed by atoms with Crippen LogP contribution in [0.5, 0.6) is 5.75 Å². The van der Waals surface area contributed by atoms with Crippen LogP contribution in [0.4, 0.5) is 0 Å². The Labute approximate surface area is 150 Å². The van der Waals surface area contributed by atoms with Crippen LogP contribution in [0.25, 0.3) is 10.8 Å². The zero-order valence-electron chi connectivity index (χ0n) is 14.2. The van der Waals surface area contributed by atoms with Gasteiger partial charge in [0, 0.05) is 19.0 Å². The number of carbonyl (C=O) groups excluding carboxylic acids is 1. The van der Waals surface area contributed by atoms with Crippen LogP contribution in [0.3, 0.4) is 0 Å². The summed E-state index contributed by atoms with van der Waals surface area (Å²) in [4.78, 5) is 11.4. The highest BCUT2D eigenvalue weighted by molar-refractivity contribution is 7.99. The van der Waals surface area contributed by atoms with Gasteiger partial charge in [-0.3, -0.25) is 4.79 Å². The molecule has 0 aliphatic heterocycles. The number of nitrogens with zero attached hydrogens (tertiary/aromatic N) is 3. The van der Waals surface area contributed by atoms with Gasteiger partial charge < -0.3 is 14.6 Å². The second-order valence-electron chi connectivity index (χ2n) is 5.37. The fourth-order valence-corrected chi connectivity index (χ4v) is 3.41. The van der Waals surface area contributed by atoms with Crippen LogP contribution in [-0.4, -0.2) is 33.5 Å². The highest BCUT2D eigenvalue weighted by Gasteiger charge is 2.13. The molecule has 0 unspecified atom stereocenters. The zero-order valence-corrected chi connectivity index (χ0v) is 15.0. The number of ether oxygens (including phenoxy) is 1. The molecular weight excluding hydrogens is 336 g/mol. The van der Waals surface area contributed by atoms with Gasteiger partial charge in [-0.1, -0.05) is 48.2 Å². The molecule has 1 amide bonds. The molecule has 1 aromatic heterocycles. The van der Waals surface area contributed by atoms with Gasteiger partial charge in [0.15, 0.2) is 11.0 Å². The Balaban J connectivity index is 1.74. The van der Waals surface area contributed by atoms with E-state index in [1.165, 1.54) is 11.8 Å². The van der Waals surface area contributed by atoms with E-state index in [4.69, 9.17) is 4.74 Å². The van der Waals surface area contributed by atoms with Crippen molar-refractivity contribution in [2.75, 3.05) is 12.8 Å². The van der Waals surface area contributed by atoms with Gasteiger partial charge >= 0.3 is 0 Å². The van der Waals surface area contributed by atoms with Crippen LogP contribution >= 0.6 is 11.8 Å². The number of nitrogens with one attached hydrogen (secondary N) is 1. The molecule has 3 aromatic rings. The summed E-state index contributed by atoms with van der Waals surface area (Å²) in [6.45, 7) is 3.07. The molecule has 25 heavy (non-hydrogen) atoms. The highest BCUT2D eigenvalue weighted by atomic mass is 32.2. The minimum atomic E-state index is -0.0378. The summed E-state index contributed by atoms with van der Waals surface area (Å²) in [5, 5.41) is 13.9.